The summed E-state index contributed by atoms with van der Waals surface area (Å²) < 4.78 is 0. The van der Waals surface area contributed by atoms with E-state index >= 15 is 0 Å². The Morgan fingerprint density at radius 1 is 1.00 bits per heavy atom. The number of nitrogens with one attached hydrogen (secondary N) is 1. The molecule has 0 spiro atoms. The van der Waals surface area contributed by atoms with Gasteiger partial charge in [-0.3, -0.25) is 0 Å². The first-order chi connectivity index (χ1) is 7.43. The standard InChI is InChI=1S/C14H19N/c1-2-4-11(5-3-1)13-8-9-15-14(10-13)12-6-7-12/h1-5,12-15H,6-10H2. The maximum Gasteiger partial charge on any atom is 0.0101 e. The first kappa shape index (κ1) is 9.41. The first-order valence-corrected chi connectivity index (χ1v) is 6.22. The number of hydrogen-bond donors (Lipinski definition) is 1. The largest absolute Gasteiger partial charge is 0.314 e. The quantitative estimate of drug-likeness (QED) is 0.775. The van der Waals surface area contributed by atoms with Crippen LogP contribution in [0.4, 0.5) is 0 Å². The molecule has 1 aliphatic heterocycles. The Morgan fingerprint density at radius 3 is 2.53 bits per heavy atom. The van der Waals surface area contributed by atoms with Crippen LogP contribution in [-0.2, 0) is 0 Å². The second-order valence-electron chi connectivity index (χ2n) is 5.03. The van der Waals surface area contributed by atoms with Crippen LogP contribution in [0.5, 0.6) is 0 Å². The molecule has 1 heteroatoms. The summed E-state index contributed by atoms with van der Waals surface area (Å²) in [5, 5.41) is 3.68. The van der Waals surface area contributed by atoms with Gasteiger partial charge in [-0.15, -0.1) is 0 Å². The minimum Gasteiger partial charge on any atom is -0.314 e. The van der Waals surface area contributed by atoms with Crippen molar-refractivity contribution < 1.29 is 0 Å². The molecule has 1 aliphatic carbocycles. The van der Waals surface area contributed by atoms with Crippen molar-refractivity contribution in [2.24, 2.45) is 5.92 Å². The molecule has 0 amide bonds. The van der Waals surface area contributed by atoms with E-state index in [2.05, 4.69) is 35.6 Å². The van der Waals surface area contributed by atoms with E-state index in [1.807, 2.05) is 0 Å². The maximum absolute atomic E-state index is 3.68. The summed E-state index contributed by atoms with van der Waals surface area (Å²) in [6, 6.07) is 11.8. The molecular formula is C14H19N. The van der Waals surface area contributed by atoms with E-state index in [0.717, 1.165) is 17.9 Å². The molecule has 0 radical (unpaired) electrons. The lowest BCUT2D eigenvalue weighted by molar-refractivity contribution is 0.334. The molecule has 1 aromatic rings. The summed E-state index contributed by atoms with van der Waals surface area (Å²) in [7, 11) is 0. The number of rotatable bonds is 2. The monoisotopic (exact) mass is 201 g/mol. The van der Waals surface area contributed by atoms with Crippen molar-refractivity contribution in [3.05, 3.63) is 35.9 Å². The molecule has 1 N–H and O–H groups in total. The van der Waals surface area contributed by atoms with Gasteiger partial charge in [-0.2, -0.15) is 0 Å². The molecule has 1 aromatic carbocycles. The van der Waals surface area contributed by atoms with Crippen molar-refractivity contribution in [2.45, 2.75) is 37.6 Å². The van der Waals surface area contributed by atoms with Crippen LogP contribution in [0.25, 0.3) is 0 Å². The number of piperidine rings is 1. The van der Waals surface area contributed by atoms with Crippen molar-refractivity contribution in [3.63, 3.8) is 0 Å². The lowest BCUT2D eigenvalue weighted by Gasteiger charge is -2.30. The minimum absolute atomic E-state index is 0.804. The van der Waals surface area contributed by atoms with Gasteiger partial charge in [0.25, 0.3) is 0 Å². The fourth-order valence-electron chi connectivity index (χ4n) is 2.84. The third kappa shape index (κ3) is 2.07. The van der Waals surface area contributed by atoms with Gasteiger partial charge in [-0.25, -0.2) is 0 Å². The third-order valence-electron chi connectivity index (χ3n) is 3.90. The van der Waals surface area contributed by atoms with Gasteiger partial charge >= 0.3 is 0 Å². The summed E-state index contributed by atoms with van der Waals surface area (Å²) in [5.74, 6) is 1.80. The molecule has 15 heavy (non-hydrogen) atoms. The van der Waals surface area contributed by atoms with E-state index in [0.29, 0.717) is 0 Å². The Bertz CT molecular complexity index is 315. The third-order valence-corrected chi connectivity index (χ3v) is 3.90. The molecule has 2 unspecified atom stereocenters. The zero-order chi connectivity index (χ0) is 10.1. The van der Waals surface area contributed by atoms with Gasteiger partial charge in [0.1, 0.15) is 0 Å². The lowest BCUT2D eigenvalue weighted by Crippen LogP contribution is -2.38. The Morgan fingerprint density at radius 2 is 1.80 bits per heavy atom. The van der Waals surface area contributed by atoms with Crippen LogP contribution in [0.1, 0.15) is 37.2 Å². The van der Waals surface area contributed by atoms with Crippen molar-refractivity contribution in [1.29, 1.82) is 0 Å². The highest BCUT2D eigenvalue weighted by molar-refractivity contribution is 5.20. The van der Waals surface area contributed by atoms with Gasteiger partial charge in [0, 0.05) is 6.04 Å². The topological polar surface area (TPSA) is 12.0 Å². The van der Waals surface area contributed by atoms with Crippen LogP contribution in [0.15, 0.2) is 30.3 Å². The summed E-state index contributed by atoms with van der Waals surface area (Å²) in [5.41, 5.74) is 1.55. The van der Waals surface area contributed by atoms with E-state index in [4.69, 9.17) is 0 Å². The van der Waals surface area contributed by atoms with Crippen LogP contribution in [-0.4, -0.2) is 12.6 Å². The molecule has 2 aliphatic rings. The van der Waals surface area contributed by atoms with Gasteiger partial charge in [0.15, 0.2) is 0 Å². The van der Waals surface area contributed by atoms with Crippen molar-refractivity contribution in [1.82, 2.24) is 5.32 Å². The molecule has 2 atom stereocenters. The zero-order valence-electron chi connectivity index (χ0n) is 9.15. The predicted octanol–water partition coefficient (Wildman–Crippen LogP) is 2.93. The Hall–Kier alpha value is -0.820. The molecule has 1 heterocycles. The van der Waals surface area contributed by atoms with Crippen LogP contribution in [0.2, 0.25) is 0 Å². The fraction of sp³-hybridized carbons (Fsp3) is 0.571. The van der Waals surface area contributed by atoms with Gasteiger partial charge in [-0.1, -0.05) is 30.3 Å². The average Bonchev–Trinajstić information content (AvgIpc) is 3.14. The summed E-state index contributed by atoms with van der Waals surface area (Å²) in [4.78, 5) is 0. The first-order valence-electron chi connectivity index (χ1n) is 6.22. The molecule has 2 fully saturated rings. The molecular weight excluding hydrogens is 182 g/mol. The van der Waals surface area contributed by atoms with Gasteiger partial charge in [0.2, 0.25) is 0 Å². The van der Waals surface area contributed by atoms with Crippen LogP contribution in [0, 0.1) is 5.92 Å². The Balaban J connectivity index is 1.70. The Labute approximate surface area is 91.9 Å². The van der Waals surface area contributed by atoms with E-state index < -0.39 is 0 Å². The molecule has 0 bridgehead atoms. The molecule has 1 nitrogen and oxygen atoms in total. The molecule has 1 saturated heterocycles. The van der Waals surface area contributed by atoms with Crippen LogP contribution >= 0.6 is 0 Å². The van der Waals surface area contributed by atoms with Gasteiger partial charge < -0.3 is 5.32 Å². The fourth-order valence-corrected chi connectivity index (χ4v) is 2.84. The van der Waals surface area contributed by atoms with Crippen LogP contribution < -0.4 is 5.32 Å². The molecule has 80 valence electrons. The van der Waals surface area contributed by atoms with E-state index in [1.165, 1.54) is 32.2 Å². The number of hydrogen-bond acceptors (Lipinski definition) is 1. The molecule has 0 aromatic heterocycles. The molecule has 1 saturated carbocycles. The number of benzene rings is 1. The SMILES string of the molecule is c1ccc(C2CCNC(C3CC3)C2)cc1. The Kier molecular flexibility index (Phi) is 2.49. The average molecular weight is 201 g/mol. The summed E-state index contributed by atoms with van der Waals surface area (Å²) in [6.45, 7) is 1.21. The van der Waals surface area contributed by atoms with E-state index in [-0.39, 0.29) is 0 Å². The summed E-state index contributed by atoms with van der Waals surface area (Å²) >= 11 is 0. The van der Waals surface area contributed by atoms with Gasteiger partial charge in [-0.05, 0) is 49.6 Å². The predicted molar refractivity (Wildman–Crippen MR) is 62.9 cm³/mol. The minimum atomic E-state index is 0.804. The van der Waals surface area contributed by atoms with Crippen molar-refractivity contribution >= 4 is 0 Å². The highest BCUT2D eigenvalue weighted by Crippen LogP contribution is 2.39. The zero-order valence-corrected chi connectivity index (χ0v) is 9.15. The normalized spacial score (nSPS) is 31.5. The van der Waals surface area contributed by atoms with Crippen molar-refractivity contribution in [2.75, 3.05) is 6.54 Å². The highest BCUT2D eigenvalue weighted by atomic mass is 14.9. The lowest BCUT2D eigenvalue weighted by atomic mass is 9.85. The van der Waals surface area contributed by atoms with Gasteiger partial charge in [0.05, 0.1) is 0 Å². The molecule has 3 rings (SSSR count). The highest BCUT2D eigenvalue weighted by Gasteiger charge is 2.34. The second-order valence-corrected chi connectivity index (χ2v) is 5.03. The smallest absolute Gasteiger partial charge is 0.0101 e. The van der Waals surface area contributed by atoms with E-state index in [1.54, 1.807) is 5.56 Å². The maximum atomic E-state index is 3.68. The second kappa shape index (κ2) is 3.97. The van der Waals surface area contributed by atoms with Crippen LogP contribution in [0.3, 0.4) is 0 Å². The van der Waals surface area contributed by atoms with E-state index in [9.17, 15) is 0 Å². The van der Waals surface area contributed by atoms with Crippen molar-refractivity contribution in [3.8, 4) is 0 Å². The summed E-state index contributed by atoms with van der Waals surface area (Å²) in [6.07, 6.45) is 5.58.